The number of halogens is 6. The van der Waals surface area contributed by atoms with Gasteiger partial charge in [0.05, 0.1) is 21.7 Å². The van der Waals surface area contributed by atoms with Crippen LogP contribution in [-0.2, 0) is 12.7 Å². The molecule has 2 saturated heterocycles. The standard InChI is InChI=1S/C27H29Cl2F4N5O/c1-35(15-18-3-5-21(24(30)13-18)27(31,32)33)25-17-38(16-20(25)19-4-6-22(28)23(29)14-19)26(39)37-11-9-36(10-12-37)8-2-7-34/h3-6,13-14,20,25H,2,8-12,15-17H2,1H3. The second-order valence-electron chi connectivity index (χ2n) is 10.00. The average Bonchev–Trinajstić information content (AvgIpc) is 3.34. The first kappa shape index (κ1) is 29.4. The number of alkyl halides is 3. The van der Waals surface area contributed by atoms with E-state index in [-0.39, 0.29) is 24.5 Å². The Morgan fingerprint density at radius 3 is 2.38 bits per heavy atom. The number of hydrogen-bond donors (Lipinski definition) is 0. The Bertz CT molecular complexity index is 1230. The lowest BCUT2D eigenvalue weighted by atomic mass is 9.93. The van der Waals surface area contributed by atoms with E-state index in [0.29, 0.717) is 67.8 Å². The minimum absolute atomic E-state index is 0.0866. The quantitative estimate of drug-likeness (QED) is 0.408. The summed E-state index contributed by atoms with van der Waals surface area (Å²) in [6, 6.07) is 10.1. The van der Waals surface area contributed by atoms with Crippen LogP contribution in [0.25, 0.3) is 0 Å². The van der Waals surface area contributed by atoms with E-state index in [1.165, 1.54) is 6.07 Å². The van der Waals surface area contributed by atoms with E-state index in [1.807, 2.05) is 22.9 Å². The van der Waals surface area contributed by atoms with Crippen molar-refractivity contribution in [3.63, 3.8) is 0 Å². The number of nitriles is 1. The molecule has 0 aliphatic carbocycles. The summed E-state index contributed by atoms with van der Waals surface area (Å²) >= 11 is 12.4. The van der Waals surface area contributed by atoms with Gasteiger partial charge in [0, 0.05) is 70.7 Å². The Morgan fingerprint density at radius 2 is 1.77 bits per heavy atom. The number of amides is 2. The monoisotopic (exact) mass is 585 g/mol. The van der Waals surface area contributed by atoms with Crippen LogP contribution in [0.2, 0.25) is 10.0 Å². The number of carbonyl (C=O) groups excluding carboxylic acids is 1. The van der Waals surface area contributed by atoms with Crippen LogP contribution in [0.1, 0.15) is 29.0 Å². The van der Waals surface area contributed by atoms with Crippen molar-refractivity contribution in [3.8, 4) is 6.07 Å². The van der Waals surface area contributed by atoms with E-state index in [1.54, 1.807) is 17.0 Å². The molecule has 0 spiro atoms. The highest BCUT2D eigenvalue weighted by Crippen LogP contribution is 2.36. The summed E-state index contributed by atoms with van der Waals surface area (Å²) in [6.45, 7) is 4.18. The Morgan fingerprint density at radius 1 is 1.05 bits per heavy atom. The highest BCUT2D eigenvalue weighted by atomic mass is 35.5. The number of rotatable bonds is 6. The van der Waals surface area contributed by atoms with E-state index >= 15 is 0 Å². The van der Waals surface area contributed by atoms with E-state index in [4.69, 9.17) is 28.5 Å². The van der Waals surface area contributed by atoms with Gasteiger partial charge in [0.1, 0.15) is 5.82 Å². The Hall–Kier alpha value is -2.58. The minimum atomic E-state index is -4.76. The van der Waals surface area contributed by atoms with Crippen molar-refractivity contribution in [2.24, 2.45) is 0 Å². The predicted octanol–water partition coefficient (Wildman–Crippen LogP) is 5.70. The predicted molar refractivity (Wildman–Crippen MR) is 141 cm³/mol. The van der Waals surface area contributed by atoms with Gasteiger partial charge in [0.2, 0.25) is 0 Å². The van der Waals surface area contributed by atoms with Crippen molar-refractivity contribution < 1.29 is 22.4 Å². The Labute approximate surface area is 235 Å². The number of piperazine rings is 1. The molecule has 0 bridgehead atoms. The number of nitrogens with zero attached hydrogens (tertiary/aromatic N) is 5. The first-order valence-electron chi connectivity index (χ1n) is 12.6. The Kier molecular flexibility index (Phi) is 9.27. The minimum Gasteiger partial charge on any atom is -0.322 e. The van der Waals surface area contributed by atoms with Crippen LogP contribution in [0.15, 0.2) is 36.4 Å². The zero-order chi connectivity index (χ0) is 28.3. The maximum atomic E-state index is 14.2. The summed E-state index contributed by atoms with van der Waals surface area (Å²) < 4.78 is 53.3. The van der Waals surface area contributed by atoms with Gasteiger partial charge < -0.3 is 9.80 Å². The number of likely N-dealkylation sites (N-methyl/N-ethyl adjacent to an activating group) is 1. The Balaban J connectivity index is 1.51. The van der Waals surface area contributed by atoms with Gasteiger partial charge in [-0.1, -0.05) is 35.3 Å². The summed E-state index contributed by atoms with van der Waals surface area (Å²) in [6.07, 6.45) is -4.32. The van der Waals surface area contributed by atoms with Gasteiger partial charge in [0.25, 0.3) is 0 Å². The van der Waals surface area contributed by atoms with Crippen molar-refractivity contribution in [3.05, 3.63) is 69.0 Å². The van der Waals surface area contributed by atoms with Gasteiger partial charge in [-0.25, -0.2) is 9.18 Å². The van der Waals surface area contributed by atoms with Crippen LogP contribution < -0.4 is 0 Å². The SMILES string of the molecule is CN(Cc1ccc(C(F)(F)F)c(F)c1)C1CN(C(=O)N2CCN(CCC#N)CC2)CC1c1ccc(Cl)c(Cl)c1. The number of carbonyl (C=O) groups is 1. The van der Waals surface area contributed by atoms with E-state index in [2.05, 4.69) is 11.0 Å². The summed E-state index contributed by atoms with van der Waals surface area (Å²) in [5.41, 5.74) is -0.0152. The molecule has 0 radical (unpaired) electrons. The molecule has 6 nitrogen and oxygen atoms in total. The fourth-order valence-corrected chi connectivity index (χ4v) is 5.63. The normalized spacial score (nSPS) is 20.5. The van der Waals surface area contributed by atoms with Gasteiger partial charge in [-0.15, -0.1) is 0 Å². The van der Waals surface area contributed by atoms with Gasteiger partial charge in [-0.2, -0.15) is 18.4 Å². The van der Waals surface area contributed by atoms with Crippen LogP contribution in [0.3, 0.4) is 0 Å². The second-order valence-corrected chi connectivity index (χ2v) is 10.8. The lowest BCUT2D eigenvalue weighted by molar-refractivity contribution is -0.140. The van der Waals surface area contributed by atoms with Crippen LogP contribution in [0, 0.1) is 17.1 Å². The molecule has 0 N–H and O–H groups in total. The fraction of sp³-hybridized carbons (Fsp3) is 0.481. The summed E-state index contributed by atoms with van der Waals surface area (Å²) in [7, 11) is 1.81. The van der Waals surface area contributed by atoms with Gasteiger partial charge in [-0.05, 0) is 42.4 Å². The molecule has 12 heteroatoms. The lowest BCUT2D eigenvalue weighted by Gasteiger charge is -2.36. The molecular weight excluding hydrogens is 557 g/mol. The molecule has 39 heavy (non-hydrogen) atoms. The second kappa shape index (κ2) is 12.3. The molecule has 2 amide bonds. The van der Waals surface area contributed by atoms with Crippen molar-refractivity contribution in [2.45, 2.75) is 31.1 Å². The van der Waals surface area contributed by atoms with Crippen molar-refractivity contribution in [2.75, 3.05) is 52.9 Å². The third-order valence-electron chi connectivity index (χ3n) is 7.45. The summed E-state index contributed by atoms with van der Waals surface area (Å²) in [5.74, 6) is -1.46. The van der Waals surface area contributed by atoms with E-state index in [0.717, 1.165) is 17.7 Å². The molecule has 2 aliphatic rings. The van der Waals surface area contributed by atoms with Crippen LogP contribution >= 0.6 is 23.2 Å². The number of likely N-dealkylation sites (tertiary alicyclic amines) is 1. The van der Waals surface area contributed by atoms with Gasteiger partial charge >= 0.3 is 12.2 Å². The van der Waals surface area contributed by atoms with Crippen molar-refractivity contribution >= 4 is 29.2 Å². The van der Waals surface area contributed by atoms with Gasteiger partial charge in [0.15, 0.2) is 0 Å². The smallest absolute Gasteiger partial charge is 0.322 e. The first-order valence-corrected chi connectivity index (χ1v) is 13.4. The average molecular weight is 586 g/mol. The largest absolute Gasteiger partial charge is 0.419 e. The van der Waals surface area contributed by atoms with Crippen molar-refractivity contribution in [1.29, 1.82) is 5.26 Å². The fourth-order valence-electron chi connectivity index (χ4n) is 5.32. The molecule has 2 aromatic carbocycles. The molecule has 0 aromatic heterocycles. The number of urea groups is 1. The molecular formula is C27H29Cl2F4N5O. The zero-order valence-corrected chi connectivity index (χ0v) is 22.9. The zero-order valence-electron chi connectivity index (χ0n) is 21.4. The summed E-state index contributed by atoms with van der Waals surface area (Å²) in [5, 5.41) is 9.62. The molecule has 0 saturated carbocycles. The van der Waals surface area contributed by atoms with Gasteiger partial charge in [-0.3, -0.25) is 9.80 Å². The van der Waals surface area contributed by atoms with Crippen LogP contribution in [0.4, 0.5) is 22.4 Å². The molecule has 2 atom stereocenters. The van der Waals surface area contributed by atoms with Crippen molar-refractivity contribution in [1.82, 2.24) is 19.6 Å². The number of benzene rings is 2. The molecule has 2 aliphatic heterocycles. The third-order valence-corrected chi connectivity index (χ3v) is 8.19. The van der Waals surface area contributed by atoms with E-state index in [9.17, 15) is 22.4 Å². The molecule has 2 fully saturated rings. The molecule has 2 unspecified atom stereocenters. The molecule has 2 heterocycles. The third kappa shape index (κ3) is 6.95. The van der Waals surface area contributed by atoms with Crippen LogP contribution in [-0.4, -0.2) is 84.5 Å². The molecule has 2 aromatic rings. The first-order chi connectivity index (χ1) is 18.5. The highest BCUT2D eigenvalue weighted by molar-refractivity contribution is 6.42. The maximum Gasteiger partial charge on any atom is 0.419 e. The topological polar surface area (TPSA) is 53.8 Å². The van der Waals surface area contributed by atoms with E-state index < -0.39 is 17.6 Å². The molecule has 210 valence electrons. The van der Waals surface area contributed by atoms with Crippen LogP contribution in [0.5, 0.6) is 0 Å². The molecule has 4 rings (SSSR count). The lowest BCUT2D eigenvalue weighted by Crippen LogP contribution is -2.52. The maximum absolute atomic E-state index is 14.2. The highest BCUT2D eigenvalue weighted by Gasteiger charge is 2.40. The number of hydrogen-bond acceptors (Lipinski definition) is 4. The summed E-state index contributed by atoms with van der Waals surface area (Å²) in [4.78, 5) is 21.2.